The quantitative estimate of drug-likeness (QED) is 0.485. The number of benzene rings is 4. The van der Waals surface area contributed by atoms with E-state index in [-0.39, 0.29) is 5.91 Å². The van der Waals surface area contributed by atoms with E-state index >= 15 is 0 Å². The molecule has 0 unspecified atom stereocenters. The first-order valence-electron chi connectivity index (χ1n) is 9.74. The summed E-state index contributed by atoms with van der Waals surface area (Å²) in [6.45, 7) is 0. The van der Waals surface area contributed by atoms with E-state index in [1.807, 2.05) is 0 Å². The number of carbonyl (C=O) groups excluding carboxylic acids is 1. The second-order valence-electron chi connectivity index (χ2n) is 7.66. The number of amides is 1. The molecule has 0 aromatic heterocycles. The standard InChI is InChI=1S/C24H23NO/c26-22(25-20-7-2-1-3-8-20)15-19-12-11-18-10-9-16-5-4-6-17-13-14-21(19)24(18)23(16)17/h4-6,9-14,20H,1-3,7-8,15H2,(H,25,26). The van der Waals surface area contributed by atoms with Crippen LogP contribution in [-0.4, -0.2) is 11.9 Å². The number of hydrogen-bond donors (Lipinski definition) is 1. The molecule has 0 atom stereocenters. The maximum atomic E-state index is 12.6. The Kier molecular flexibility index (Phi) is 3.77. The minimum Gasteiger partial charge on any atom is -0.353 e. The van der Waals surface area contributed by atoms with Gasteiger partial charge in [-0.1, -0.05) is 73.9 Å². The van der Waals surface area contributed by atoms with Crippen LogP contribution in [0.3, 0.4) is 0 Å². The minimum atomic E-state index is 0.159. The molecule has 26 heavy (non-hydrogen) atoms. The highest BCUT2D eigenvalue weighted by molar-refractivity contribution is 6.23. The SMILES string of the molecule is O=C(Cc1ccc2ccc3cccc4ccc1c2c34)NC1CCCCC1. The van der Waals surface area contributed by atoms with E-state index in [0.29, 0.717) is 12.5 Å². The summed E-state index contributed by atoms with van der Waals surface area (Å²) in [5, 5.41) is 10.9. The Morgan fingerprint density at radius 2 is 1.46 bits per heavy atom. The van der Waals surface area contributed by atoms with Gasteiger partial charge in [0, 0.05) is 6.04 Å². The highest BCUT2D eigenvalue weighted by atomic mass is 16.1. The van der Waals surface area contributed by atoms with E-state index in [1.165, 1.54) is 51.6 Å². The highest BCUT2D eigenvalue weighted by Crippen LogP contribution is 2.36. The molecule has 1 amide bonds. The molecule has 5 rings (SSSR count). The summed E-state index contributed by atoms with van der Waals surface area (Å²) in [5.41, 5.74) is 1.13. The van der Waals surface area contributed by atoms with Crippen LogP contribution in [0.2, 0.25) is 0 Å². The summed E-state index contributed by atoms with van der Waals surface area (Å²) in [5.74, 6) is 0.159. The molecule has 1 saturated carbocycles. The summed E-state index contributed by atoms with van der Waals surface area (Å²) >= 11 is 0. The Labute approximate surface area is 153 Å². The van der Waals surface area contributed by atoms with Crippen LogP contribution in [0.25, 0.3) is 32.3 Å². The molecule has 4 aromatic carbocycles. The van der Waals surface area contributed by atoms with E-state index in [0.717, 1.165) is 18.4 Å². The van der Waals surface area contributed by atoms with Gasteiger partial charge in [-0.25, -0.2) is 0 Å². The van der Waals surface area contributed by atoms with Crippen molar-refractivity contribution < 1.29 is 4.79 Å². The van der Waals surface area contributed by atoms with Gasteiger partial charge in [-0.15, -0.1) is 0 Å². The molecule has 0 spiro atoms. The molecular weight excluding hydrogens is 318 g/mol. The van der Waals surface area contributed by atoms with E-state index in [4.69, 9.17) is 0 Å². The first-order valence-corrected chi connectivity index (χ1v) is 9.74. The van der Waals surface area contributed by atoms with Crippen molar-refractivity contribution in [2.24, 2.45) is 0 Å². The van der Waals surface area contributed by atoms with Crippen LogP contribution in [0.5, 0.6) is 0 Å². The van der Waals surface area contributed by atoms with Gasteiger partial charge in [-0.05, 0) is 50.7 Å². The average Bonchev–Trinajstić information content (AvgIpc) is 2.68. The van der Waals surface area contributed by atoms with Crippen LogP contribution < -0.4 is 5.32 Å². The molecule has 1 aliphatic rings. The molecule has 0 bridgehead atoms. The van der Waals surface area contributed by atoms with Crippen LogP contribution in [-0.2, 0) is 11.2 Å². The number of nitrogens with one attached hydrogen (secondary N) is 1. The largest absolute Gasteiger partial charge is 0.353 e. The highest BCUT2D eigenvalue weighted by Gasteiger charge is 2.17. The van der Waals surface area contributed by atoms with Crippen LogP contribution >= 0.6 is 0 Å². The molecule has 1 fully saturated rings. The zero-order valence-electron chi connectivity index (χ0n) is 14.9. The van der Waals surface area contributed by atoms with Crippen LogP contribution in [0.1, 0.15) is 37.7 Å². The lowest BCUT2D eigenvalue weighted by atomic mass is 9.91. The Balaban J connectivity index is 1.54. The van der Waals surface area contributed by atoms with Crippen molar-refractivity contribution in [2.45, 2.75) is 44.6 Å². The van der Waals surface area contributed by atoms with Crippen molar-refractivity contribution in [2.75, 3.05) is 0 Å². The predicted octanol–water partition coefficient (Wildman–Crippen LogP) is 5.58. The molecule has 0 saturated heterocycles. The molecule has 4 aromatic rings. The van der Waals surface area contributed by atoms with Crippen LogP contribution in [0, 0.1) is 0 Å². The zero-order valence-corrected chi connectivity index (χ0v) is 14.9. The lowest BCUT2D eigenvalue weighted by molar-refractivity contribution is -0.121. The number of rotatable bonds is 3. The van der Waals surface area contributed by atoms with Crippen molar-refractivity contribution in [3.05, 3.63) is 60.2 Å². The Hall–Kier alpha value is -2.61. The maximum Gasteiger partial charge on any atom is 0.224 e. The van der Waals surface area contributed by atoms with Gasteiger partial charge in [0.1, 0.15) is 0 Å². The minimum absolute atomic E-state index is 0.159. The first-order chi connectivity index (χ1) is 12.8. The third kappa shape index (κ3) is 2.61. The lowest BCUT2D eigenvalue weighted by Crippen LogP contribution is -2.37. The van der Waals surface area contributed by atoms with Gasteiger partial charge in [-0.3, -0.25) is 4.79 Å². The van der Waals surface area contributed by atoms with Gasteiger partial charge in [0.25, 0.3) is 0 Å². The third-order valence-electron chi connectivity index (χ3n) is 5.94. The molecule has 2 heteroatoms. The molecular formula is C24H23NO. The van der Waals surface area contributed by atoms with Crippen LogP contribution in [0.4, 0.5) is 0 Å². The molecule has 0 radical (unpaired) electrons. The topological polar surface area (TPSA) is 29.1 Å². The van der Waals surface area contributed by atoms with Gasteiger partial charge in [0.2, 0.25) is 5.91 Å². The fourth-order valence-electron chi connectivity index (χ4n) is 4.65. The van der Waals surface area contributed by atoms with E-state index in [2.05, 4.69) is 59.9 Å². The van der Waals surface area contributed by atoms with Crippen molar-refractivity contribution in [3.8, 4) is 0 Å². The molecule has 1 N–H and O–H groups in total. The lowest BCUT2D eigenvalue weighted by Gasteiger charge is -2.23. The summed E-state index contributed by atoms with van der Waals surface area (Å²) in [7, 11) is 0. The van der Waals surface area contributed by atoms with E-state index in [9.17, 15) is 4.79 Å². The fraction of sp³-hybridized carbons (Fsp3) is 0.292. The zero-order chi connectivity index (χ0) is 17.5. The average molecular weight is 341 g/mol. The van der Waals surface area contributed by atoms with Crippen molar-refractivity contribution >= 4 is 38.2 Å². The molecule has 0 heterocycles. The predicted molar refractivity (Wildman–Crippen MR) is 109 cm³/mol. The molecule has 1 aliphatic carbocycles. The Bertz CT molecular complexity index is 1080. The van der Waals surface area contributed by atoms with Crippen molar-refractivity contribution in [1.82, 2.24) is 5.32 Å². The van der Waals surface area contributed by atoms with Gasteiger partial charge >= 0.3 is 0 Å². The maximum absolute atomic E-state index is 12.6. The summed E-state index contributed by atoms with van der Waals surface area (Å²) < 4.78 is 0. The van der Waals surface area contributed by atoms with Crippen molar-refractivity contribution in [1.29, 1.82) is 0 Å². The summed E-state index contributed by atoms with van der Waals surface area (Å²) in [4.78, 5) is 12.6. The van der Waals surface area contributed by atoms with Gasteiger partial charge in [-0.2, -0.15) is 0 Å². The molecule has 0 aliphatic heterocycles. The molecule has 130 valence electrons. The number of carbonyl (C=O) groups is 1. The van der Waals surface area contributed by atoms with Gasteiger partial charge in [0.15, 0.2) is 0 Å². The second kappa shape index (κ2) is 6.28. The van der Waals surface area contributed by atoms with Crippen molar-refractivity contribution in [3.63, 3.8) is 0 Å². The third-order valence-corrected chi connectivity index (χ3v) is 5.94. The second-order valence-corrected chi connectivity index (χ2v) is 7.66. The number of hydrogen-bond acceptors (Lipinski definition) is 1. The Morgan fingerprint density at radius 3 is 2.23 bits per heavy atom. The first kappa shape index (κ1) is 15.6. The van der Waals surface area contributed by atoms with Gasteiger partial charge < -0.3 is 5.32 Å². The Morgan fingerprint density at radius 1 is 0.808 bits per heavy atom. The summed E-state index contributed by atoms with van der Waals surface area (Å²) in [6.07, 6.45) is 6.51. The van der Waals surface area contributed by atoms with Gasteiger partial charge in [0.05, 0.1) is 6.42 Å². The van der Waals surface area contributed by atoms with E-state index < -0.39 is 0 Å². The fourth-order valence-corrected chi connectivity index (χ4v) is 4.65. The molecule has 2 nitrogen and oxygen atoms in total. The summed E-state index contributed by atoms with van der Waals surface area (Å²) in [6, 6.07) is 19.9. The normalized spacial score (nSPS) is 15.8. The smallest absolute Gasteiger partial charge is 0.224 e. The monoisotopic (exact) mass is 341 g/mol. The van der Waals surface area contributed by atoms with E-state index in [1.54, 1.807) is 0 Å². The van der Waals surface area contributed by atoms with Crippen LogP contribution in [0.15, 0.2) is 54.6 Å².